The number of piperidine rings is 1. The maximum absolute atomic E-state index is 12.4. The molecule has 0 aliphatic carbocycles. The Bertz CT molecular complexity index is 748. The molecule has 2 fully saturated rings. The number of esters is 1. The van der Waals surface area contributed by atoms with E-state index >= 15 is 0 Å². The van der Waals surface area contributed by atoms with Crippen LogP contribution in [0.4, 0.5) is 4.79 Å². The van der Waals surface area contributed by atoms with Crippen molar-refractivity contribution in [3.63, 3.8) is 0 Å². The van der Waals surface area contributed by atoms with Crippen LogP contribution < -0.4 is 0 Å². The van der Waals surface area contributed by atoms with Gasteiger partial charge in [-0.25, -0.2) is 4.79 Å². The van der Waals surface area contributed by atoms with E-state index in [2.05, 4.69) is 56.9 Å². The number of carbonyl (C=O) groups excluding carboxylic acids is 2. The van der Waals surface area contributed by atoms with E-state index in [4.69, 9.17) is 23.7 Å². The van der Waals surface area contributed by atoms with Crippen molar-refractivity contribution in [2.24, 2.45) is 5.92 Å². The lowest BCUT2D eigenvalue weighted by molar-refractivity contribution is -0.160. The van der Waals surface area contributed by atoms with Crippen molar-refractivity contribution in [3.05, 3.63) is 31.2 Å². The van der Waals surface area contributed by atoms with E-state index in [1.807, 2.05) is 0 Å². The molecule has 2 bridgehead atoms. The molecule has 2 saturated heterocycles. The van der Waals surface area contributed by atoms with Gasteiger partial charge in [0.05, 0.1) is 13.0 Å². The van der Waals surface area contributed by atoms with Crippen LogP contribution in [0, 0.1) is 12.8 Å². The number of unbranched alkanes of at least 4 members (excludes halogenated alkanes) is 4. The monoisotopic (exact) mass is 592 g/mol. The molecule has 4 atom stereocenters. The fourth-order valence-corrected chi connectivity index (χ4v) is 5.70. The zero-order valence-corrected chi connectivity index (χ0v) is 26.6. The number of hydrogen-bond acceptors (Lipinski definition) is 8. The lowest BCUT2D eigenvalue weighted by Crippen LogP contribution is -2.45. The normalized spacial score (nSPS) is 21.4. The minimum atomic E-state index is -0.663. The van der Waals surface area contributed by atoms with E-state index in [0.717, 1.165) is 70.8 Å². The number of ether oxygens (including phenoxy) is 5. The molecule has 0 N–H and O–H groups in total. The van der Waals surface area contributed by atoms with Crippen LogP contribution in [0.5, 0.6) is 0 Å². The van der Waals surface area contributed by atoms with Crippen molar-refractivity contribution in [2.45, 2.75) is 135 Å². The van der Waals surface area contributed by atoms with Crippen LogP contribution in [-0.2, 0) is 28.5 Å². The molecule has 0 aromatic rings. The Balaban J connectivity index is 1.61. The van der Waals surface area contributed by atoms with E-state index in [9.17, 15) is 9.59 Å². The quantitative estimate of drug-likeness (QED) is 0.0520. The van der Waals surface area contributed by atoms with Gasteiger partial charge in [0.25, 0.3) is 0 Å². The highest BCUT2D eigenvalue weighted by molar-refractivity contribution is 5.69. The average Bonchev–Trinajstić information content (AvgIpc) is 3.24. The summed E-state index contributed by atoms with van der Waals surface area (Å²) in [5.41, 5.74) is 0. The first-order chi connectivity index (χ1) is 20.5. The van der Waals surface area contributed by atoms with E-state index < -0.39 is 12.4 Å². The molecule has 2 rings (SSSR count). The van der Waals surface area contributed by atoms with Crippen LogP contribution in [0.25, 0.3) is 0 Å². The molecule has 0 aromatic heterocycles. The highest BCUT2D eigenvalue weighted by Crippen LogP contribution is 2.36. The van der Waals surface area contributed by atoms with Crippen LogP contribution >= 0.6 is 0 Å². The minimum Gasteiger partial charge on any atom is -0.465 e. The van der Waals surface area contributed by atoms with Gasteiger partial charge in [-0.3, -0.25) is 9.69 Å². The summed E-state index contributed by atoms with van der Waals surface area (Å²) in [5.74, 6) is -0.706. The number of allylic oxidation sites excluding steroid dienone is 4. The number of hydrogen-bond donors (Lipinski definition) is 0. The third kappa shape index (κ3) is 15.5. The Hall–Kier alpha value is -1.90. The zero-order valence-electron chi connectivity index (χ0n) is 26.6. The van der Waals surface area contributed by atoms with E-state index in [-0.39, 0.29) is 37.6 Å². The Morgan fingerprint density at radius 3 is 1.95 bits per heavy atom. The first-order valence-electron chi connectivity index (χ1n) is 16.6. The van der Waals surface area contributed by atoms with E-state index in [1.165, 1.54) is 12.8 Å². The average molecular weight is 593 g/mol. The van der Waals surface area contributed by atoms with Gasteiger partial charge >= 0.3 is 12.1 Å². The van der Waals surface area contributed by atoms with E-state index in [0.29, 0.717) is 31.7 Å². The molecule has 42 heavy (non-hydrogen) atoms. The molecular formula is C34H58NO7. The van der Waals surface area contributed by atoms with E-state index in [1.54, 1.807) is 0 Å². The standard InChI is InChI=1S/C34H58NO7/c1-5-8-10-12-14-16-22-38-33(39-23-17-15-13-11-9-6-2)21-20-32(36)40-26-28(4)27-41-34(37)42-31-24-29-18-19-30(25-31)35(29)7-3/h8-11,28-31,33H,4-7,12-27H2,1-3H3/b10-8-,11-9-/t28?,29-,30+,31+. The van der Waals surface area contributed by atoms with Crippen LogP contribution in [0.2, 0.25) is 0 Å². The van der Waals surface area contributed by atoms with Gasteiger partial charge in [0.15, 0.2) is 6.29 Å². The maximum atomic E-state index is 12.4. The second-order valence-corrected chi connectivity index (χ2v) is 11.5. The molecule has 1 unspecified atom stereocenters. The van der Waals surface area contributed by atoms with Crippen LogP contribution in [0.15, 0.2) is 24.3 Å². The van der Waals surface area contributed by atoms with Crippen LogP contribution in [0.1, 0.15) is 111 Å². The summed E-state index contributed by atoms with van der Waals surface area (Å²) in [6.07, 6.45) is 20.6. The molecule has 0 amide bonds. The Kier molecular flexibility index (Phi) is 19.5. The molecule has 2 heterocycles. The SMILES string of the molecule is [CH2]C(COC(=O)CCC(OCCCC/C=C\CC)OCCCC/C=C\CC)COC(=O)O[C@H]1C[C@H]2CC[C@@H](C1)N2CC. The number of nitrogens with zero attached hydrogens (tertiary/aromatic N) is 1. The summed E-state index contributed by atoms with van der Waals surface area (Å²) in [6.45, 7) is 12.8. The molecule has 2 aliphatic heterocycles. The molecule has 2 aliphatic rings. The molecule has 1 radical (unpaired) electrons. The van der Waals surface area contributed by atoms with Crippen molar-refractivity contribution in [1.29, 1.82) is 0 Å². The summed E-state index contributed by atoms with van der Waals surface area (Å²) in [6, 6.07) is 1.01. The summed E-state index contributed by atoms with van der Waals surface area (Å²) >= 11 is 0. The fraction of sp³-hybridized carbons (Fsp3) is 0.794. The molecule has 8 heteroatoms. The molecule has 0 aromatic carbocycles. The smallest absolute Gasteiger partial charge is 0.465 e. The third-order valence-electron chi connectivity index (χ3n) is 7.91. The predicted molar refractivity (Wildman–Crippen MR) is 166 cm³/mol. The van der Waals surface area contributed by atoms with Gasteiger partial charge < -0.3 is 23.7 Å². The van der Waals surface area contributed by atoms with Crippen molar-refractivity contribution >= 4 is 12.1 Å². The Labute approximate surface area is 255 Å². The van der Waals surface area contributed by atoms with Gasteiger partial charge in [0.1, 0.15) is 12.7 Å². The molecule has 0 saturated carbocycles. The fourth-order valence-electron chi connectivity index (χ4n) is 5.70. The number of fused-ring (bicyclic) bond motifs is 2. The number of rotatable bonds is 23. The van der Waals surface area contributed by atoms with Gasteiger partial charge in [-0.1, -0.05) is 45.1 Å². The third-order valence-corrected chi connectivity index (χ3v) is 7.91. The summed E-state index contributed by atoms with van der Waals surface area (Å²) in [7, 11) is 0. The minimum absolute atomic E-state index is 0.0442. The molecular weight excluding hydrogens is 534 g/mol. The van der Waals surface area contributed by atoms with Crippen LogP contribution in [-0.4, -0.2) is 74.5 Å². The predicted octanol–water partition coefficient (Wildman–Crippen LogP) is 7.56. The molecule has 0 spiro atoms. The number of carbonyl (C=O) groups is 2. The maximum Gasteiger partial charge on any atom is 0.508 e. The first-order valence-corrected chi connectivity index (χ1v) is 16.6. The summed E-state index contributed by atoms with van der Waals surface area (Å²) < 4.78 is 28.2. The van der Waals surface area contributed by atoms with Crippen molar-refractivity contribution < 1.29 is 33.3 Å². The summed E-state index contributed by atoms with van der Waals surface area (Å²) in [5, 5.41) is 0. The van der Waals surface area contributed by atoms with Gasteiger partial charge in [0, 0.05) is 50.5 Å². The Morgan fingerprint density at radius 2 is 1.40 bits per heavy atom. The topological polar surface area (TPSA) is 83.5 Å². The van der Waals surface area contributed by atoms with Gasteiger partial charge in [-0.15, -0.1) is 0 Å². The van der Waals surface area contributed by atoms with Crippen molar-refractivity contribution in [2.75, 3.05) is 33.0 Å². The highest BCUT2D eigenvalue weighted by atomic mass is 16.7. The van der Waals surface area contributed by atoms with Crippen molar-refractivity contribution in [1.82, 2.24) is 4.90 Å². The van der Waals surface area contributed by atoms with Crippen molar-refractivity contribution in [3.8, 4) is 0 Å². The Morgan fingerprint density at radius 1 is 0.833 bits per heavy atom. The van der Waals surface area contributed by atoms with Gasteiger partial charge in [0.2, 0.25) is 0 Å². The zero-order chi connectivity index (χ0) is 30.4. The largest absolute Gasteiger partial charge is 0.508 e. The highest BCUT2D eigenvalue weighted by Gasteiger charge is 2.41. The lowest BCUT2D eigenvalue weighted by Gasteiger charge is -2.37. The second-order valence-electron chi connectivity index (χ2n) is 11.5. The second kappa shape index (κ2) is 22.6. The lowest BCUT2D eigenvalue weighted by atomic mass is 10.00. The van der Waals surface area contributed by atoms with Gasteiger partial charge in [-0.2, -0.15) is 0 Å². The first kappa shape index (κ1) is 36.3. The summed E-state index contributed by atoms with van der Waals surface area (Å²) in [4.78, 5) is 27.2. The van der Waals surface area contributed by atoms with Crippen LogP contribution in [0.3, 0.4) is 0 Å². The molecule has 241 valence electrons. The molecule has 8 nitrogen and oxygen atoms in total. The van der Waals surface area contributed by atoms with Gasteiger partial charge in [-0.05, 0) is 77.7 Å².